The topological polar surface area (TPSA) is 56.0 Å². The van der Waals surface area contributed by atoms with Crippen molar-refractivity contribution in [1.82, 2.24) is 4.98 Å². The molecule has 3 nitrogen and oxygen atoms in total. The van der Waals surface area contributed by atoms with Crippen LogP contribution in [0.2, 0.25) is 0 Å². The maximum atomic E-state index is 12.1. The summed E-state index contributed by atoms with van der Waals surface area (Å²) in [6, 6.07) is 1.59. The first kappa shape index (κ1) is 10.6. The second-order valence-corrected chi connectivity index (χ2v) is 2.62. The molecule has 0 unspecified atom stereocenters. The molecular formula is C8H7F3N2O. The molecule has 0 spiro atoms. The minimum Gasteiger partial charge on any atom is -0.315 e. The van der Waals surface area contributed by atoms with Gasteiger partial charge in [0.05, 0.1) is 5.69 Å². The highest BCUT2D eigenvalue weighted by Crippen LogP contribution is 2.29. The van der Waals surface area contributed by atoms with Crippen molar-refractivity contribution in [3.8, 4) is 0 Å². The Bertz CT molecular complexity index is 338. The van der Waals surface area contributed by atoms with Gasteiger partial charge in [-0.15, -0.1) is 0 Å². The molecule has 1 rings (SSSR count). The van der Waals surface area contributed by atoms with Gasteiger partial charge in [-0.2, -0.15) is 13.2 Å². The fourth-order valence-corrected chi connectivity index (χ4v) is 0.875. The highest BCUT2D eigenvalue weighted by molar-refractivity contribution is 5.71. The Morgan fingerprint density at radius 1 is 1.43 bits per heavy atom. The number of nitrogens with two attached hydrogens (primary N) is 1. The molecule has 1 heterocycles. The lowest BCUT2D eigenvalue weighted by atomic mass is 10.2. The Balaban J connectivity index is 3.01. The molecular weight excluding hydrogens is 197 g/mol. The predicted molar refractivity (Wildman–Crippen MR) is 42.6 cm³/mol. The monoisotopic (exact) mass is 204 g/mol. The van der Waals surface area contributed by atoms with E-state index in [4.69, 9.17) is 5.73 Å². The average molecular weight is 204 g/mol. The van der Waals surface area contributed by atoms with E-state index < -0.39 is 12.2 Å². The van der Waals surface area contributed by atoms with Crippen LogP contribution in [0.25, 0.3) is 0 Å². The number of hydrogen-bond acceptors (Lipinski definition) is 3. The Labute approximate surface area is 77.7 Å². The van der Waals surface area contributed by atoms with Gasteiger partial charge in [0.2, 0.25) is 0 Å². The molecule has 0 bridgehead atoms. The van der Waals surface area contributed by atoms with Crippen LogP contribution in [-0.2, 0) is 0 Å². The van der Waals surface area contributed by atoms with E-state index in [2.05, 4.69) is 4.98 Å². The van der Waals surface area contributed by atoms with Gasteiger partial charge >= 0.3 is 6.18 Å². The van der Waals surface area contributed by atoms with E-state index in [-0.39, 0.29) is 11.4 Å². The highest BCUT2D eigenvalue weighted by atomic mass is 19.4. The maximum Gasteiger partial charge on any atom is 0.409 e. The van der Waals surface area contributed by atoms with E-state index in [1.165, 1.54) is 12.1 Å². The zero-order valence-electron chi connectivity index (χ0n) is 6.95. The van der Waals surface area contributed by atoms with Crippen molar-refractivity contribution in [2.24, 2.45) is 5.73 Å². The van der Waals surface area contributed by atoms with Gasteiger partial charge in [-0.3, -0.25) is 4.79 Å². The highest BCUT2D eigenvalue weighted by Gasteiger charge is 2.38. The first-order valence-electron chi connectivity index (χ1n) is 3.69. The quantitative estimate of drug-likeness (QED) is 0.742. The fraction of sp³-hybridized carbons (Fsp3) is 0.250. The Morgan fingerprint density at radius 3 is 2.57 bits per heavy atom. The Kier molecular flexibility index (Phi) is 2.85. The van der Waals surface area contributed by atoms with Crippen molar-refractivity contribution in [3.05, 3.63) is 29.6 Å². The lowest BCUT2D eigenvalue weighted by Gasteiger charge is -2.14. The van der Waals surface area contributed by atoms with Gasteiger partial charge < -0.3 is 5.73 Å². The van der Waals surface area contributed by atoms with Crippen molar-refractivity contribution < 1.29 is 18.0 Å². The molecule has 0 aromatic carbocycles. The van der Waals surface area contributed by atoms with Crippen molar-refractivity contribution in [1.29, 1.82) is 0 Å². The molecule has 0 aliphatic heterocycles. The summed E-state index contributed by atoms with van der Waals surface area (Å²) in [4.78, 5) is 13.7. The van der Waals surface area contributed by atoms with Gasteiger partial charge in [0, 0.05) is 0 Å². The molecule has 1 aromatic rings. The second-order valence-electron chi connectivity index (χ2n) is 2.62. The molecule has 2 N–H and O–H groups in total. The molecule has 1 aromatic heterocycles. The Hall–Kier alpha value is -1.43. The van der Waals surface area contributed by atoms with E-state index in [1.807, 2.05) is 0 Å². The first-order valence-corrected chi connectivity index (χ1v) is 3.69. The summed E-state index contributed by atoms with van der Waals surface area (Å²) in [5, 5.41) is 0. The number of carbonyl (C=O) groups is 1. The molecule has 0 radical (unpaired) electrons. The largest absolute Gasteiger partial charge is 0.409 e. The van der Waals surface area contributed by atoms with Crippen molar-refractivity contribution in [3.63, 3.8) is 0 Å². The smallest absolute Gasteiger partial charge is 0.315 e. The number of aldehydes is 1. The van der Waals surface area contributed by atoms with E-state index in [0.717, 1.165) is 6.07 Å². The standard InChI is InChI=1S/C8H7F3N2O/c9-8(10,11)7(12)6-3-1-2-5(4-14)13-6/h1-4,7H,12H2/t7-/m0/s1. The summed E-state index contributed by atoms with van der Waals surface area (Å²) < 4.78 is 36.4. The number of aromatic nitrogens is 1. The van der Waals surface area contributed by atoms with E-state index >= 15 is 0 Å². The van der Waals surface area contributed by atoms with Crippen LogP contribution in [0.15, 0.2) is 18.2 Å². The average Bonchev–Trinajstić information content (AvgIpc) is 2.15. The summed E-state index contributed by atoms with van der Waals surface area (Å²) in [5.41, 5.74) is 4.47. The maximum absolute atomic E-state index is 12.1. The van der Waals surface area contributed by atoms with Gasteiger partial charge in [-0.05, 0) is 12.1 Å². The van der Waals surface area contributed by atoms with Crippen molar-refractivity contribution in [2.75, 3.05) is 0 Å². The summed E-state index contributed by atoms with van der Waals surface area (Å²) in [6.07, 6.45) is -4.18. The van der Waals surface area contributed by atoms with Gasteiger partial charge in [0.15, 0.2) is 6.29 Å². The zero-order valence-corrected chi connectivity index (χ0v) is 6.95. The number of rotatable bonds is 2. The van der Waals surface area contributed by atoms with Gasteiger partial charge in [0.1, 0.15) is 11.7 Å². The number of hydrogen-bond donors (Lipinski definition) is 1. The third-order valence-corrected chi connectivity index (χ3v) is 1.58. The minimum atomic E-state index is -4.55. The van der Waals surface area contributed by atoms with Crippen LogP contribution in [0.1, 0.15) is 22.2 Å². The SMILES string of the molecule is N[C@@H](c1cccc(C=O)n1)C(F)(F)F. The molecule has 0 saturated carbocycles. The first-order chi connectivity index (χ1) is 6.45. The predicted octanol–water partition coefficient (Wildman–Crippen LogP) is 1.46. The fourth-order valence-electron chi connectivity index (χ4n) is 0.875. The van der Waals surface area contributed by atoms with E-state index in [9.17, 15) is 18.0 Å². The normalized spacial score (nSPS) is 13.7. The molecule has 0 fully saturated rings. The number of nitrogens with zero attached hydrogens (tertiary/aromatic N) is 1. The zero-order chi connectivity index (χ0) is 10.8. The van der Waals surface area contributed by atoms with Gasteiger partial charge in [0.25, 0.3) is 0 Å². The third-order valence-electron chi connectivity index (χ3n) is 1.58. The molecule has 76 valence electrons. The molecule has 0 saturated heterocycles. The number of carbonyl (C=O) groups excluding carboxylic acids is 1. The lowest BCUT2D eigenvalue weighted by molar-refractivity contribution is -0.150. The molecule has 0 aliphatic rings. The summed E-state index contributed by atoms with van der Waals surface area (Å²) >= 11 is 0. The molecule has 6 heteroatoms. The lowest BCUT2D eigenvalue weighted by Crippen LogP contribution is -2.29. The summed E-state index contributed by atoms with van der Waals surface area (Å²) in [6.45, 7) is 0. The molecule has 1 atom stereocenters. The van der Waals surface area contributed by atoms with Crippen LogP contribution in [0.5, 0.6) is 0 Å². The van der Waals surface area contributed by atoms with Crippen LogP contribution < -0.4 is 5.73 Å². The molecule has 0 amide bonds. The van der Waals surface area contributed by atoms with Crippen LogP contribution >= 0.6 is 0 Å². The number of alkyl halides is 3. The van der Waals surface area contributed by atoms with Crippen molar-refractivity contribution in [2.45, 2.75) is 12.2 Å². The van der Waals surface area contributed by atoms with Crippen LogP contribution in [0, 0.1) is 0 Å². The second kappa shape index (κ2) is 3.75. The minimum absolute atomic E-state index is 0.0674. The summed E-state index contributed by atoms with van der Waals surface area (Å²) in [5.74, 6) is 0. The third kappa shape index (κ3) is 2.29. The Morgan fingerprint density at radius 2 is 2.07 bits per heavy atom. The van der Waals surface area contributed by atoms with Crippen LogP contribution in [0.4, 0.5) is 13.2 Å². The van der Waals surface area contributed by atoms with Crippen LogP contribution in [0.3, 0.4) is 0 Å². The molecule has 0 aliphatic carbocycles. The van der Waals surface area contributed by atoms with Gasteiger partial charge in [-0.25, -0.2) is 4.98 Å². The summed E-state index contributed by atoms with van der Waals surface area (Å²) in [7, 11) is 0. The van der Waals surface area contributed by atoms with E-state index in [1.54, 1.807) is 0 Å². The van der Waals surface area contributed by atoms with Crippen LogP contribution in [-0.4, -0.2) is 17.4 Å². The number of halogens is 3. The van der Waals surface area contributed by atoms with Gasteiger partial charge in [-0.1, -0.05) is 6.07 Å². The number of pyridine rings is 1. The molecule has 14 heavy (non-hydrogen) atoms. The van der Waals surface area contributed by atoms with Crippen molar-refractivity contribution >= 4 is 6.29 Å². The van der Waals surface area contributed by atoms with E-state index in [0.29, 0.717) is 6.29 Å².